The fourth-order valence-electron chi connectivity index (χ4n) is 3.49. The van der Waals surface area contributed by atoms with Gasteiger partial charge in [-0.1, -0.05) is 56.7 Å². The minimum absolute atomic E-state index is 0.0713. The van der Waals surface area contributed by atoms with E-state index in [2.05, 4.69) is 5.09 Å². The van der Waals surface area contributed by atoms with Crippen LogP contribution in [0.3, 0.4) is 0 Å². The van der Waals surface area contributed by atoms with Crippen molar-refractivity contribution in [2.45, 2.75) is 58.1 Å². The molecule has 0 spiro atoms. The molecule has 0 saturated heterocycles. The molecule has 2 aromatic rings. The second-order valence-electron chi connectivity index (χ2n) is 7.60. The molecule has 3 rings (SSSR count). The summed E-state index contributed by atoms with van der Waals surface area (Å²) in [5, 5.41) is 4.48. The van der Waals surface area contributed by atoms with Crippen LogP contribution in [0.4, 0.5) is 0 Å². The molecule has 0 radical (unpaired) electrons. The van der Waals surface area contributed by atoms with Gasteiger partial charge in [0.05, 0.1) is 0 Å². The number of hydrogen-bond acceptors (Lipinski definition) is 4. The number of benzene rings is 2. The van der Waals surface area contributed by atoms with Crippen molar-refractivity contribution in [3.05, 3.63) is 42.5 Å². The van der Waals surface area contributed by atoms with Crippen LogP contribution in [0.5, 0.6) is 5.75 Å². The van der Waals surface area contributed by atoms with Gasteiger partial charge in [0.25, 0.3) is 0 Å². The third kappa shape index (κ3) is 5.50. The molecule has 1 fully saturated rings. The van der Waals surface area contributed by atoms with Gasteiger partial charge in [-0.3, -0.25) is 4.79 Å². The lowest BCUT2D eigenvalue weighted by Gasteiger charge is -2.28. The zero-order valence-electron chi connectivity index (χ0n) is 16.3. The van der Waals surface area contributed by atoms with E-state index in [1.807, 2.05) is 50.2 Å². The van der Waals surface area contributed by atoms with E-state index in [1.165, 1.54) is 6.42 Å². The number of esters is 1. The van der Waals surface area contributed by atoms with Gasteiger partial charge < -0.3 is 9.26 Å². The second kappa shape index (κ2) is 9.30. The predicted molar refractivity (Wildman–Crippen MR) is 113 cm³/mol. The van der Waals surface area contributed by atoms with Crippen molar-refractivity contribution in [3.63, 3.8) is 0 Å². The Labute approximate surface area is 171 Å². The highest BCUT2D eigenvalue weighted by molar-refractivity contribution is 7.84. The van der Waals surface area contributed by atoms with Crippen LogP contribution in [0, 0.1) is 5.92 Å². The van der Waals surface area contributed by atoms with E-state index in [9.17, 15) is 9.36 Å². The molecular formula is C21H27ClNO4P. The van der Waals surface area contributed by atoms with Crippen molar-refractivity contribution < 1.29 is 18.6 Å². The summed E-state index contributed by atoms with van der Waals surface area (Å²) < 4.78 is 24.2. The normalized spacial score (nSPS) is 18.6. The van der Waals surface area contributed by atoms with Gasteiger partial charge in [0.15, 0.2) is 0 Å². The average molecular weight is 424 g/mol. The lowest BCUT2D eigenvalue weighted by atomic mass is 9.97. The van der Waals surface area contributed by atoms with Gasteiger partial charge in [0.1, 0.15) is 17.9 Å². The summed E-state index contributed by atoms with van der Waals surface area (Å²) in [5.74, 6) is -0.171. The SMILES string of the molecule is CC(C)[C@H](NP(=O)(Cl)Oc1cccc2ccccc12)C(=O)OC1CCCCC1. The van der Waals surface area contributed by atoms with Crippen molar-refractivity contribution in [2.75, 3.05) is 0 Å². The molecule has 2 atom stereocenters. The molecular weight excluding hydrogens is 397 g/mol. The highest BCUT2D eigenvalue weighted by Crippen LogP contribution is 2.50. The van der Waals surface area contributed by atoms with Crippen molar-refractivity contribution in [1.29, 1.82) is 0 Å². The Bertz CT molecular complexity index is 861. The number of halogens is 1. The maximum absolute atomic E-state index is 13.0. The van der Waals surface area contributed by atoms with E-state index in [4.69, 9.17) is 20.5 Å². The van der Waals surface area contributed by atoms with E-state index in [1.54, 1.807) is 6.07 Å². The van der Waals surface area contributed by atoms with Gasteiger partial charge in [0, 0.05) is 16.6 Å². The van der Waals surface area contributed by atoms with Crippen LogP contribution in [0.2, 0.25) is 0 Å². The van der Waals surface area contributed by atoms with Gasteiger partial charge in [-0.15, -0.1) is 0 Å². The summed E-state index contributed by atoms with van der Waals surface area (Å²) in [6.45, 7) is -0.103. The van der Waals surface area contributed by atoms with Crippen LogP contribution in [-0.4, -0.2) is 18.1 Å². The molecule has 0 aromatic heterocycles. The molecule has 0 amide bonds. The molecule has 1 aliphatic rings. The van der Waals surface area contributed by atoms with Gasteiger partial charge in [0.2, 0.25) is 0 Å². The van der Waals surface area contributed by atoms with Gasteiger partial charge >= 0.3 is 12.8 Å². The Hall–Kier alpha value is -1.55. The molecule has 28 heavy (non-hydrogen) atoms. The van der Waals surface area contributed by atoms with Crippen LogP contribution in [0.15, 0.2) is 42.5 Å². The molecule has 5 nitrogen and oxygen atoms in total. The van der Waals surface area contributed by atoms with E-state index >= 15 is 0 Å². The average Bonchev–Trinajstić information content (AvgIpc) is 2.67. The Morgan fingerprint density at radius 1 is 1.11 bits per heavy atom. The Balaban J connectivity index is 1.72. The van der Waals surface area contributed by atoms with Gasteiger partial charge in [-0.05, 0) is 43.1 Å². The van der Waals surface area contributed by atoms with E-state index in [0.717, 1.165) is 36.5 Å². The Morgan fingerprint density at radius 2 is 1.79 bits per heavy atom. The second-order valence-corrected chi connectivity index (χ2v) is 10.3. The quantitative estimate of drug-likeness (QED) is 0.433. The topological polar surface area (TPSA) is 64.6 Å². The molecule has 1 saturated carbocycles. The minimum atomic E-state index is -3.81. The van der Waals surface area contributed by atoms with Gasteiger partial charge in [-0.2, -0.15) is 0 Å². The van der Waals surface area contributed by atoms with Crippen LogP contribution in [0.25, 0.3) is 10.8 Å². The predicted octanol–water partition coefficient (Wildman–Crippen LogP) is 6.06. The van der Waals surface area contributed by atoms with E-state index < -0.39 is 18.9 Å². The number of fused-ring (bicyclic) bond motifs is 1. The number of carbonyl (C=O) groups is 1. The largest absolute Gasteiger partial charge is 0.461 e. The van der Waals surface area contributed by atoms with E-state index in [0.29, 0.717) is 5.75 Å². The molecule has 152 valence electrons. The number of nitrogens with one attached hydrogen (secondary N) is 1. The molecule has 7 heteroatoms. The number of ether oxygens (including phenoxy) is 1. The lowest BCUT2D eigenvalue weighted by molar-refractivity contribution is -0.153. The maximum atomic E-state index is 13.0. The monoisotopic (exact) mass is 423 g/mol. The van der Waals surface area contributed by atoms with Gasteiger partial charge in [-0.25, -0.2) is 9.65 Å². The summed E-state index contributed by atoms with van der Waals surface area (Å²) >= 11 is 6.21. The smallest absolute Gasteiger partial charge is 0.409 e. The third-order valence-corrected chi connectivity index (χ3v) is 6.53. The van der Waals surface area contributed by atoms with Crippen molar-refractivity contribution >= 4 is 34.9 Å². The third-order valence-electron chi connectivity index (χ3n) is 5.01. The number of carbonyl (C=O) groups excluding carboxylic acids is 1. The summed E-state index contributed by atoms with van der Waals surface area (Å²) in [7, 11) is 0. The molecule has 2 aromatic carbocycles. The van der Waals surface area contributed by atoms with Crippen LogP contribution in [-0.2, 0) is 14.1 Å². The molecule has 0 heterocycles. The lowest BCUT2D eigenvalue weighted by Crippen LogP contribution is -2.42. The van der Waals surface area contributed by atoms with E-state index in [-0.39, 0.29) is 12.0 Å². The fraction of sp³-hybridized carbons (Fsp3) is 0.476. The van der Waals surface area contributed by atoms with Crippen LogP contribution < -0.4 is 9.61 Å². The molecule has 1 unspecified atom stereocenters. The zero-order valence-corrected chi connectivity index (χ0v) is 17.9. The molecule has 0 aliphatic heterocycles. The first-order chi connectivity index (χ1) is 13.4. The summed E-state index contributed by atoms with van der Waals surface area (Å²) in [4.78, 5) is 12.7. The maximum Gasteiger partial charge on any atom is 0.409 e. The molecule has 1 N–H and O–H groups in total. The van der Waals surface area contributed by atoms with Crippen molar-refractivity contribution in [3.8, 4) is 5.75 Å². The number of hydrogen-bond donors (Lipinski definition) is 1. The first kappa shape index (κ1) is 21.2. The standard InChI is InChI=1S/C21H27ClNO4P/c1-15(2)20(21(24)26-17-11-4-3-5-12-17)23-28(22,25)27-19-14-8-10-16-9-6-7-13-18(16)19/h6-10,13-15,17,20H,3-5,11-12H2,1-2H3,(H,23,25)/t20-,28?/m0/s1. The summed E-state index contributed by atoms with van der Waals surface area (Å²) in [6.07, 6.45) is 4.99. The van der Waals surface area contributed by atoms with Crippen molar-refractivity contribution in [1.82, 2.24) is 5.09 Å². The minimum Gasteiger partial charge on any atom is -0.461 e. The summed E-state index contributed by atoms with van der Waals surface area (Å²) in [6, 6.07) is 12.3. The first-order valence-electron chi connectivity index (χ1n) is 9.81. The first-order valence-corrected chi connectivity index (χ1v) is 12.3. The highest BCUT2D eigenvalue weighted by Gasteiger charge is 2.34. The highest BCUT2D eigenvalue weighted by atomic mass is 35.7. The molecule has 0 bridgehead atoms. The van der Waals surface area contributed by atoms with Crippen LogP contribution >= 0.6 is 18.1 Å². The zero-order chi connectivity index (χ0) is 20.1. The summed E-state index contributed by atoms with van der Waals surface area (Å²) in [5.41, 5.74) is 0. The number of rotatable bonds is 7. The Kier molecular flexibility index (Phi) is 7.03. The molecule has 1 aliphatic carbocycles. The van der Waals surface area contributed by atoms with Crippen LogP contribution in [0.1, 0.15) is 46.0 Å². The fourth-order valence-corrected chi connectivity index (χ4v) is 5.23. The van der Waals surface area contributed by atoms with Crippen molar-refractivity contribution in [2.24, 2.45) is 5.92 Å². The Morgan fingerprint density at radius 3 is 2.50 bits per heavy atom.